The van der Waals surface area contributed by atoms with Gasteiger partial charge in [-0.25, -0.2) is 0 Å². The highest BCUT2D eigenvalue weighted by Crippen LogP contribution is 2.29. The topological polar surface area (TPSA) is 108 Å². The van der Waals surface area contributed by atoms with E-state index in [0.29, 0.717) is 5.71 Å². The Morgan fingerprint density at radius 1 is 1.10 bits per heavy atom. The first-order valence-electron chi connectivity index (χ1n) is 5.92. The van der Waals surface area contributed by atoms with Crippen LogP contribution in [-0.4, -0.2) is 4.92 Å². The highest BCUT2D eigenvalue weighted by atomic mass is 16.6. The SMILES string of the molecule is O=[N+]([O-])c1ccccc1N=Nc1c([O-])oc2cccc[n+]12. The molecule has 21 heavy (non-hydrogen) atoms. The van der Waals surface area contributed by atoms with Gasteiger partial charge >= 0.3 is 5.82 Å². The zero-order valence-corrected chi connectivity index (χ0v) is 10.5. The Morgan fingerprint density at radius 3 is 2.67 bits per heavy atom. The molecule has 0 unspecified atom stereocenters. The molecule has 104 valence electrons. The molecule has 0 radical (unpaired) electrons. The maximum absolute atomic E-state index is 11.7. The largest absolute Gasteiger partial charge is 0.543 e. The van der Waals surface area contributed by atoms with Crippen LogP contribution in [0.1, 0.15) is 0 Å². The van der Waals surface area contributed by atoms with E-state index in [2.05, 4.69) is 10.2 Å². The van der Waals surface area contributed by atoms with Crippen LogP contribution in [0.3, 0.4) is 0 Å². The van der Waals surface area contributed by atoms with Crippen LogP contribution in [0.2, 0.25) is 0 Å². The predicted octanol–water partition coefficient (Wildman–Crippen LogP) is 2.42. The number of pyridine rings is 1. The van der Waals surface area contributed by atoms with Crippen molar-refractivity contribution in [3.05, 3.63) is 58.8 Å². The van der Waals surface area contributed by atoms with Crippen LogP contribution >= 0.6 is 0 Å². The summed E-state index contributed by atoms with van der Waals surface area (Å²) in [5.74, 6) is -0.715. The fourth-order valence-corrected chi connectivity index (χ4v) is 1.82. The smallest absolute Gasteiger partial charge is 0.378 e. The average Bonchev–Trinajstić information content (AvgIpc) is 2.81. The Bertz CT molecular complexity index is 856. The minimum absolute atomic E-state index is 0.0521. The first-order valence-corrected chi connectivity index (χ1v) is 5.92. The van der Waals surface area contributed by atoms with Gasteiger partial charge in [0.2, 0.25) is 0 Å². The van der Waals surface area contributed by atoms with Crippen molar-refractivity contribution in [2.45, 2.75) is 0 Å². The van der Waals surface area contributed by atoms with Gasteiger partial charge in [-0.3, -0.25) is 10.1 Å². The van der Waals surface area contributed by atoms with E-state index in [4.69, 9.17) is 4.42 Å². The number of azo groups is 1. The summed E-state index contributed by atoms with van der Waals surface area (Å²) < 4.78 is 6.40. The number of nitrogens with zero attached hydrogens (tertiary/aromatic N) is 4. The summed E-state index contributed by atoms with van der Waals surface area (Å²) in [4.78, 5) is 10.3. The molecule has 0 N–H and O–H groups in total. The van der Waals surface area contributed by atoms with Crippen LogP contribution in [0.5, 0.6) is 5.95 Å². The minimum atomic E-state index is -0.663. The molecule has 2 heterocycles. The molecule has 0 saturated carbocycles. The number of nitro groups is 1. The van der Waals surface area contributed by atoms with Gasteiger partial charge < -0.3 is 9.52 Å². The molecule has 0 saturated heterocycles. The molecule has 3 rings (SSSR count). The lowest BCUT2D eigenvalue weighted by Crippen LogP contribution is -2.17. The molecule has 8 nitrogen and oxygen atoms in total. The van der Waals surface area contributed by atoms with Crippen molar-refractivity contribution >= 4 is 22.9 Å². The molecule has 0 aliphatic rings. The number of para-hydroxylation sites is 1. The summed E-state index contributed by atoms with van der Waals surface area (Å²) in [6, 6.07) is 10.9. The molecule has 3 aromatic rings. The third kappa shape index (κ3) is 2.29. The van der Waals surface area contributed by atoms with Crippen LogP contribution in [-0.2, 0) is 0 Å². The number of nitro benzene ring substituents is 1. The second-order valence-corrected chi connectivity index (χ2v) is 4.07. The zero-order valence-electron chi connectivity index (χ0n) is 10.5. The first kappa shape index (κ1) is 12.7. The number of fused-ring (bicyclic) bond motifs is 1. The molecule has 0 aliphatic carbocycles. The average molecular weight is 284 g/mol. The maximum Gasteiger partial charge on any atom is 0.378 e. The molecule has 8 heteroatoms. The summed E-state index contributed by atoms with van der Waals surface area (Å²) in [5, 5.41) is 30.2. The number of hydrogen-bond acceptors (Lipinski definition) is 6. The summed E-state index contributed by atoms with van der Waals surface area (Å²) in [5.41, 5.74) is 0.193. The van der Waals surface area contributed by atoms with E-state index in [1.54, 1.807) is 30.5 Å². The number of aromatic nitrogens is 1. The normalized spacial score (nSPS) is 11.2. The monoisotopic (exact) mass is 284 g/mol. The summed E-state index contributed by atoms with van der Waals surface area (Å²) in [7, 11) is 0. The summed E-state index contributed by atoms with van der Waals surface area (Å²) in [6.45, 7) is 0. The van der Waals surface area contributed by atoms with Crippen LogP contribution in [0.4, 0.5) is 17.2 Å². The van der Waals surface area contributed by atoms with Gasteiger partial charge in [0.25, 0.3) is 5.69 Å². The number of rotatable bonds is 3. The van der Waals surface area contributed by atoms with Gasteiger partial charge in [-0.2, -0.15) is 4.40 Å². The number of oxazole rings is 1. The van der Waals surface area contributed by atoms with Crippen molar-refractivity contribution in [3.8, 4) is 5.95 Å². The standard InChI is InChI=1S/C13H8N4O4/c18-13-12(16-8-4-3-7-11(16)21-13)15-14-9-5-1-2-6-10(9)17(19)20/h1-8H. The molecule has 0 spiro atoms. The van der Waals surface area contributed by atoms with Crippen molar-refractivity contribution in [3.63, 3.8) is 0 Å². The first-order chi connectivity index (χ1) is 10.2. The Hall–Kier alpha value is -3.29. The molecule has 0 atom stereocenters. The van der Waals surface area contributed by atoms with Gasteiger partial charge in [0.05, 0.1) is 16.2 Å². The van der Waals surface area contributed by atoms with Crippen molar-refractivity contribution in [2.24, 2.45) is 10.2 Å². The van der Waals surface area contributed by atoms with E-state index in [9.17, 15) is 15.2 Å². The van der Waals surface area contributed by atoms with E-state index < -0.39 is 10.9 Å². The maximum atomic E-state index is 11.7. The van der Waals surface area contributed by atoms with Crippen LogP contribution in [0.25, 0.3) is 5.71 Å². The third-order valence-corrected chi connectivity index (χ3v) is 2.76. The number of hydrogen-bond donors (Lipinski definition) is 0. The van der Waals surface area contributed by atoms with E-state index in [0.717, 1.165) is 0 Å². The molecular weight excluding hydrogens is 276 g/mol. The van der Waals surface area contributed by atoms with Crippen LogP contribution < -0.4 is 9.51 Å². The minimum Gasteiger partial charge on any atom is -0.543 e. The van der Waals surface area contributed by atoms with Crippen molar-refractivity contribution in [1.82, 2.24) is 0 Å². The Kier molecular flexibility index (Phi) is 3.03. The lowest BCUT2D eigenvalue weighted by molar-refractivity contribution is -0.501. The fourth-order valence-electron chi connectivity index (χ4n) is 1.82. The van der Waals surface area contributed by atoms with E-state index >= 15 is 0 Å². The van der Waals surface area contributed by atoms with Crippen molar-refractivity contribution in [1.29, 1.82) is 0 Å². The Labute approximate surface area is 117 Å². The summed E-state index contributed by atoms with van der Waals surface area (Å²) in [6.07, 6.45) is 1.59. The van der Waals surface area contributed by atoms with E-state index in [-0.39, 0.29) is 17.2 Å². The predicted molar refractivity (Wildman–Crippen MR) is 68.6 cm³/mol. The van der Waals surface area contributed by atoms with Crippen LogP contribution in [0, 0.1) is 10.1 Å². The van der Waals surface area contributed by atoms with Crippen LogP contribution in [0.15, 0.2) is 63.3 Å². The van der Waals surface area contributed by atoms with Gasteiger partial charge in [0.15, 0.2) is 17.3 Å². The second kappa shape index (κ2) is 5.00. The van der Waals surface area contributed by atoms with Gasteiger partial charge in [-0.05, 0) is 23.3 Å². The fraction of sp³-hybridized carbons (Fsp3) is 0. The van der Waals surface area contributed by atoms with Crippen molar-refractivity contribution < 1.29 is 18.8 Å². The highest BCUT2D eigenvalue weighted by molar-refractivity contribution is 5.56. The lowest BCUT2D eigenvalue weighted by atomic mass is 10.3. The second-order valence-electron chi connectivity index (χ2n) is 4.07. The molecular formula is C13H8N4O4. The third-order valence-electron chi connectivity index (χ3n) is 2.76. The quantitative estimate of drug-likeness (QED) is 0.318. The molecule has 0 aliphatic heterocycles. The van der Waals surface area contributed by atoms with Gasteiger partial charge in [0.1, 0.15) is 0 Å². The zero-order chi connectivity index (χ0) is 14.8. The van der Waals surface area contributed by atoms with Gasteiger partial charge in [-0.1, -0.05) is 18.2 Å². The van der Waals surface area contributed by atoms with E-state index in [1.165, 1.54) is 22.6 Å². The molecule has 1 aromatic carbocycles. The Morgan fingerprint density at radius 2 is 1.86 bits per heavy atom. The van der Waals surface area contributed by atoms with Crippen molar-refractivity contribution in [2.75, 3.05) is 0 Å². The molecule has 2 aromatic heterocycles. The molecule has 0 amide bonds. The molecule has 0 fully saturated rings. The number of benzene rings is 1. The Balaban J connectivity index is 2.07. The summed E-state index contributed by atoms with van der Waals surface area (Å²) >= 11 is 0. The van der Waals surface area contributed by atoms with Gasteiger partial charge in [0, 0.05) is 6.07 Å². The van der Waals surface area contributed by atoms with Gasteiger partial charge in [-0.15, -0.1) is 0 Å². The van der Waals surface area contributed by atoms with E-state index in [1.807, 2.05) is 0 Å². The highest BCUT2D eigenvalue weighted by Gasteiger charge is 2.17. The molecule has 0 bridgehead atoms. The lowest BCUT2D eigenvalue weighted by Gasteiger charge is -1.92.